The van der Waals surface area contributed by atoms with Crippen molar-refractivity contribution in [1.29, 1.82) is 10.5 Å². The fourth-order valence-electron chi connectivity index (χ4n) is 0.976. The first-order chi connectivity index (χ1) is 6.36. The van der Waals surface area contributed by atoms with Crippen molar-refractivity contribution in [1.82, 2.24) is 0 Å². The molecule has 0 N–H and O–H groups in total. The summed E-state index contributed by atoms with van der Waals surface area (Å²) in [5, 5.41) is 17.0. The molecule has 0 aromatic heterocycles. The molecular formula is C11H8N2. The van der Waals surface area contributed by atoms with E-state index in [9.17, 15) is 0 Å². The number of allylic oxidation sites excluding steroid dienone is 8. The Morgan fingerprint density at radius 1 is 1.23 bits per heavy atom. The van der Waals surface area contributed by atoms with E-state index >= 15 is 0 Å². The smallest absolute Gasteiger partial charge is 0.129 e. The summed E-state index contributed by atoms with van der Waals surface area (Å²) < 4.78 is 0. The summed E-state index contributed by atoms with van der Waals surface area (Å²) in [5.74, 6) is 0. The first-order valence-corrected chi connectivity index (χ1v) is 3.91. The summed E-state index contributed by atoms with van der Waals surface area (Å²) in [5.41, 5.74) is 1.12. The Labute approximate surface area is 77.4 Å². The van der Waals surface area contributed by atoms with Crippen molar-refractivity contribution in [2.75, 3.05) is 0 Å². The summed E-state index contributed by atoms with van der Waals surface area (Å²) >= 11 is 0. The average Bonchev–Trinajstić information content (AvgIpc) is 2.42. The summed E-state index contributed by atoms with van der Waals surface area (Å²) in [6.45, 7) is 0. The SMILES string of the molecule is N#CC(C#N)=CC1=CC=CC=CC1. The first-order valence-electron chi connectivity index (χ1n) is 3.91. The van der Waals surface area contributed by atoms with Crippen LogP contribution in [-0.2, 0) is 0 Å². The second-order valence-electron chi connectivity index (χ2n) is 2.54. The normalized spacial score (nSPS) is 13.5. The zero-order chi connectivity index (χ0) is 9.52. The molecule has 2 nitrogen and oxygen atoms in total. The van der Waals surface area contributed by atoms with Gasteiger partial charge >= 0.3 is 0 Å². The number of nitrogens with zero attached hydrogens (tertiary/aromatic N) is 2. The van der Waals surface area contributed by atoms with Crippen LogP contribution in [0.3, 0.4) is 0 Å². The minimum atomic E-state index is 0.148. The lowest BCUT2D eigenvalue weighted by Crippen LogP contribution is -1.78. The zero-order valence-electron chi connectivity index (χ0n) is 7.07. The van der Waals surface area contributed by atoms with Gasteiger partial charge in [-0.3, -0.25) is 0 Å². The Kier molecular flexibility index (Phi) is 3.30. The second kappa shape index (κ2) is 4.74. The number of hydrogen-bond acceptors (Lipinski definition) is 2. The molecule has 2 heteroatoms. The van der Waals surface area contributed by atoms with Gasteiger partial charge in [-0.05, 0) is 18.1 Å². The van der Waals surface area contributed by atoms with Gasteiger partial charge in [-0.2, -0.15) is 10.5 Å². The lowest BCUT2D eigenvalue weighted by Gasteiger charge is -1.92. The minimum Gasteiger partial charge on any atom is -0.192 e. The van der Waals surface area contributed by atoms with Crippen LogP contribution in [0.25, 0.3) is 0 Å². The fraction of sp³-hybridized carbons (Fsp3) is 0.0909. The van der Waals surface area contributed by atoms with Gasteiger partial charge < -0.3 is 0 Å². The van der Waals surface area contributed by atoms with Gasteiger partial charge in [0.15, 0.2) is 0 Å². The second-order valence-corrected chi connectivity index (χ2v) is 2.54. The van der Waals surface area contributed by atoms with Crippen molar-refractivity contribution in [3.63, 3.8) is 0 Å². The highest BCUT2D eigenvalue weighted by Gasteiger charge is 1.95. The largest absolute Gasteiger partial charge is 0.192 e. The van der Waals surface area contributed by atoms with Gasteiger partial charge in [0.05, 0.1) is 0 Å². The van der Waals surface area contributed by atoms with Crippen LogP contribution in [-0.4, -0.2) is 0 Å². The highest BCUT2D eigenvalue weighted by Crippen LogP contribution is 2.10. The highest BCUT2D eigenvalue weighted by atomic mass is 14.3. The molecule has 0 heterocycles. The number of rotatable bonds is 1. The van der Waals surface area contributed by atoms with E-state index in [0.717, 1.165) is 12.0 Å². The molecule has 0 fully saturated rings. The van der Waals surface area contributed by atoms with Crippen LogP contribution in [0.4, 0.5) is 0 Å². The van der Waals surface area contributed by atoms with Crippen molar-refractivity contribution in [2.45, 2.75) is 6.42 Å². The number of hydrogen-bond donors (Lipinski definition) is 0. The molecule has 62 valence electrons. The molecular weight excluding hydrogens is 160 g/mol. The van der Waals surface area contributed by atoms with E-state index in [1.165, 1.54) is 0 Å². The maximum Gasteiger partial charge on any atom is 0.129 e. The molecule has 13 heavy (non-hydrogen) atoms. The maximum absolute atomic E-state index is 8.52. The molecule has 0 unspecified atom stereocenters. The Morgan fingerprint density at radius 3 is 2.69 bits per heavy atom. The minimum absolute atomic E-state index is 0.148. The monoisotopic (exact) mass is 168 g/mol. The van der Waals surface area contributed by atoms with Crippen LogP contribution >= 0.6 is 0 Å². The lowest BCUT2D eigenvalue weighted by atomic mass is 10.1. The Hall–Kier alpha value is -2.06. The third-order valence-corrected chi connectivity index (χ3v) is 1.59. The summed E-state index contributed by atoms with van der Waals surface area (Å²) in [6, 6.07) is 3.66. The first kappa shape index (κ1) is 9.03. The molecule has 0 amide bonds. The lowest BCUT2D eigenvalue weighted by molar-refractivity contribution is 1.28. The Morgan fingerprint density at radius 2 is 2.00 bits per heavy atom. The highest BCUT2D eigenvalue weighted by molar-refractivity contribution is 5.43. The van der Waals surface area contributed by atoms with Crippen LogP contribution in [0, 0.1) is 22.7 Å². The third-order valence-electron chi connectivity index (χ3n) is 1.59. The third kappa shape index (κ3) is 2.81. The predicted octanol–water partition coefficient (Wildman–Crippen LogP) is 2.40. The van der Waals surface area contributed by atoms with Gasteiger partial charge in [-0.25, -0.2) is 0 Å². The summed E-state index contributed by atoms with van der Waals surface area (Å²) in [7, 11) is 0. The van der Waals surface area contributed by atoms with Crippen LogP contribution < -0.4 is 0 Å². The topological polar surface area (TPSA) is 47.6 Å². The summed E-state index contributed by atoms with van der Waals surface area (Å²) in [6.07, 6.45) is 12.0. The molecule has 0 atom stereocenters. The van der Waals surface area contributed by atoms with Crippen molar-refractivity contribution in [3.8, 4) is 12.1 Å². The molecule has 1 rings (SSSR count). The quantitative estimate of drug-likeness (QED) is 0.564. The van der Waals surface area contributed by atoms with Gasteiger partial charge in [-0.1, -0.05) is 30.4 Å². The van der Waals surface area contributed by atoms with Crippen molar-refractivity contribution in [2.24, 2.45) is 0 Å². The van der Waals surface area contributed by atoms with Crippen molar-refractivity contribution >= 4 is 0 Å². The van der Waals surface area contributed by atoms with E-state index < -0.39 is 0 Å². The van der Waals surface area contributed by atoms with Crippen molar-refractivity contribution < 1.29 is 0 Å². The van der Waals surface area contributed by atoms with E-state index in [2.05, 4.69) is 0 Å². The predicted molar refractivity (Wildman–Crippen MR) is 50.3 cm³/mol. The standard InChI is InChI=1S/C11H8N2/c12-8-11(9-13)7-10-5-3-1-2-4-6-10/h1-5,7H,6H2. The van der Waals surface area contributed by atoms with Crippen LogP contribution in [0.2, 0.25) is 0 Å². The fourth-order valence-corrected chi connectivity index (χ4v) is 0.976. The van der Waals surface area contributed by atoms with E-state index in [1.807, 2.05) is 42.5 Å². The van der Waals surface area contributed by atoms with Crippen LogP contribution in [0.5, 0.6) is 0 Å². The van der Waals surface area contributed by atoms with Crippen molar-refractivity contribution in [3.05, 3.63) is 47.6 Å². The molecule has 0 bridgehead atoms. The van der Waals surface area contributed by atoms with E-state index in [-0.39, 0.29) is 5.57 Å². The molecule has 0 saturated carbocycles. The van der Waals surface area contributed by atoms with E-state index in [1.54, 1.807) is 6.08 Å². The van der Waals surface area contributed by atoms with Gasteiger partial charge in [-0.15, -0.1) is 0 Å². The van der Waals surface area contributed by atoms with Crippen LogP contribution in [0.15, 0.2) is 47.6 Å². The molecule has 1 aliphatic rings. The maximum atomic E-state index is 8.52. The Bertz CT molecular complexity index is 365. The van der Waals surface area contributed by atoms with Gasteiger partial charge in [0.2, 0.25) is 0 Å². The molecule has 0 spiro atoms. The molecule has 0 radical (unpaired) electrons. The molecule has 0 aliphatic heterocycles. The molecule has 0 saturated heterocycles. The van der Waals surface area contributed by atoms with Gasteiger partial charge in [0, 0.05) is 0 Å². The summed E-state index contributed by atoms with van der Waals surface area (Å²) in [4.78, 5) is 0. The molecule has 1 aliphatic carbocycles. The van der Waals surface area contributed by atoms with Gasteiger partial charge in [0.25, 0.3) is 0 Å². The zero-order valence-corrected chi connectivity index (χ0v) is 7.07. The Balaban J connectivity index is 2.87. The molecule has 0 aromatic rings. The number of nitriles is 2. The van der Waals surface area contributed by atoms with Gasteiger partial charge in [0.1, 0.15) is 17.7 Å². The van der Waals surface area contributed by atoms with Crippen LogP contribution in [0.1, 0.15) is 6.42 Å². The molecule has 0 aromatic carbocycles. The van der Waals surface area contributed by atoms with E-state index in [4.69, 9.17) is 10.5 Å². The average molecular weight is 168 g/mol. The van der Waals surface area contributed by atoms with E-state index in [0.29, 0.717) is 0 Å².